The van der Waals surface area contributed by atoms with E-state index in [1.54, 1.807) is 6.92 Å². The fourth-order valence-electron chi connectivity index (χ4n) is 1.88. The number of esters is 1. The van der Waals surface area contributed by atoms with Crippen molar-refractivity contribution in [1.82, 2.24) is 0 Å². The zero-order valence-corrected chi connectivity index (χ0v) is 9.07. The summed E-state index contributed by atoms with van der Waals surface area (Å²) in [5.41, 5.74) is 0.296. The second-order valence-corrected chi connectivity index (χ2v) is 3.94. The molecule has 2 rings (SSSR count). The van der Waals surface area contributed by atoms with Crippen molar-refractivity contribution in [3.05, 3.63) is 23.8 Å². The topological polar surface area (TPSA) is 93.1 Å². The third-order valence-electron chi connectivity index (χ3n) is 2.68. The van der Waals surface area contributed by atoms with Gasteiger partial charge in [0, 0.05) is 6.08 Å². The van der Waals surface area contributed by atoms with Gasteiger partial charge in [0.05, 0.1) is 5.57 Å². The molecular weight excluding hydrogens is 228 g/mol. The van der Waals surface area contributed by atoms with Crippen LogP contribution in [0, 0.1) is 0 Å². The molecule has 2 heterocycles. The van der Waals surface area contributed by atoms with Gasteiger partial charge in [-0.05, 0) is 19.1 Å². The lowest BCUT2D eigenvalue weighted by Crippen LogP contribution is -2.39. The lowest BCUT2D eigenvalue weighted by molar-refractivity contribution is -0.139. The van der Waals surface area contributed by atoms with Crippen LogP contribution in [0.25, 0.3) is 0 Å². The second-order valence-electron chi connectivity index (χ2n) is 3.94. The number of carbonyl (C=O) groups is 2. The SMILES string of the molecule is C[C@@H]1OC(=O)C2=C[C@@H](O)[C@@H](/C=C\C(=O)O)O[C@@H]21. The molecule has 0 amide bonds. The minimum atomic E-state index is -1.12. The van der Waals surface area contributed by atoms with E-state index in [4.69, 9.17) is 14.6 Å². The molecule has 6 heteroatoms. The number of carboxylic acids is 1. The number of rotatable bonds is 2. The van der Waals surface area contributed by atoms with Gasteiger partial charge >= 0.3 is 11.9 Å². The Labute approximate surface area is 97.1 Å². The highest BCUT2D eigenvalue weighted by molar-refractivity contribution is 5.92. The maximum atomic E-state index is 11.3. The van der Waals surface area contributed by atoms with Gasteiger partial charge in [-0.15, -0.1) is 0 Å². The van der Waals surface area contributed by atoms with Crippen molar-refractivity contribution in [2.24, 2.45) is 0 Å². The first kappa shape index (κ1) is 11.8. The molecule has 2 aliphatic heterocycles. The maximum Gasteiger partial charge on any atom is 0.336 e. The summed E-state index contributed by atoms with van der Waals surface area (Å²) >= 11 is 0. The van der Waals surface area contributed by atoms with Crippen LogP contribution in [0.5, 0.6) is 0 Å². The van der Waals surface area contributed by atoms with Gasteiger partial charge in [-0.2, -0.15) is 0 Å². The van der Waals surface area contributed by atoms with Gasteiger partial charge in [0.1, 0.15) is 24.4 Å². The largest absolute Gasteiger partial charge is 0.478 e. The average molecular weight is 240 g/mol. The summed E-state index contributed by atoms with van der Waals surface area (Å²) in [4.78, 5) is 21.7. The minimum absolute atomic E-state index is 0.296. The summed E-state index contributed by atoms with van der Waals surface area (Å²) < 4.78 is 10.4. The molecule has 0 aromatic heterocycles. The molecule has 1 fully saturated rings. The Kier molecular flexibility index (Phi) is 2.99. The molecule has 0 aromatic carbocycles. The predicted molar refractivity (Wildman–Crippen MR) is 55.1 cm³/mol. The van der Waals surface area contributed by atoms with E-state index in [-0.39, 0.29) is 0 Å². The summed E-state index contributed by atoms with van der Waals surface area (Å²) in [6.45, 7) is 1.68. The van der Waals surface area contributed by atoms with Gasteiger partial charge in [-0.3, -0.25) is 0 Å². The first-order chi connectivity index (χ1) is 7.99. The average Bonchev–Trinajstić information content (AvgIpc) is 2.51. The zero-order chi connectivity index (χ0) is 12.6. The third-order valence-corrected chi connectivity index (χ3v) is 2.68. The van der Waals surface area contributed by atoms with Crippen LogP contribution in [0.3, 0.4) is 0 Å². The number of carbonyl (C=O) groups excluding carboxylic acids is 1. The number of aliphatic hydroxyl groups is 1. The number of aliphatic carboxylic acids is 1. The van der Waals surface area contributed by atoms with Crippen molar-refractivity contribution in [2.45, 2.75) is 31.3 Å². The fraction of sp³-hybridized carbons (Fsp3) is 0.455. The summed E-state index contributed by atoms with van der Waals surface area (Å²) in [5.74, 6) is -1.62. The van der Waals surface area contributed by atoms with Gasteiger partial charge in [-0.1, -0.05) is 0 Å². The van der Waals surface area contributed by atoms with Crippen LogP contribution < -0.4 is 0 Å². The lowest BCUT2D eigenvalue weighted by Gasteiger charge is -2.28. The smallest absolute Gasteiger partial charge is 0.336 e. The molecule has 0 radical (unpaired) electrons. The number of hydrogen-bond donors (Lipinski definition) is 2. The van der Waals surface area contributed by atoms with Crippen LogP contribution in [-0.4, -0.2) is 46.6 Å². The summed E-state index contributed by atoms with van der Waals surface area (Å²) in [7, 11) is 0. The van der Waals surface area contributed by atoms with Crippen molar-refractivity contribution >= 4 is 11.9 Å². The number of cyclic esters (lactones) is 1. The molecule has 0 aliphatic carbocycles. The van der Waals surface area contributed by atoms with Gasteiger partial charge in [0.15, 0.2) is 0 Å². The molecule has 0 unspecified atom stereocenters. The van der Waals surface area contributed by atoms with E-state index in [1.807, 2.05) is 0 Å². The number of fused-ring (bicyclic) bond motifs is 1. The van der Waals surface area contributed by atoms with Crippen molar-refractivity contribution in [3.63, 3.8) is 0 Å². The molecule has 2 N–H and O–H groups in total. The molecule has 2 aliphatic rings. The fourth-order valence-corrected chi connectivity index (χ4v) is 1.88. The van der Waals surface area contributed by atoms with Crippen molar-refractivity contribution in [1.29, 1.82) is 0 Å². The molecule has 0 saturated carbocycles. The Morgan fingerprint density at radius 2 is 2.24 bits per heavy atom. The molecule has 1 saturated heterocycles. The predicted octanol–water partition coefficient (Wildman–Crippen LogP) is -0.373. The minimum Gasteiger partial charge on any atom is -0.478 e. The standard InChI is InChI=1S/C11H12O6/c1-5-10-6(11(15)16-5)4-7(12)8(17-10)2-3-9(13)14/h2-5,7-8,10,12H,1H3,(H,13,14)/b3-2-/t5-,7+,8+,10+/m0/s1. The number of aliphatic hydroxyl groups excluding tert-OH is 1. The van der Waals surface area contributed by atoms with Gasteiger partial charge in [-0.25, -0.2) is 9.59 Å². The molecular formula is C11H12O6. The van der Waals surface area contributed by atoms with Crippen LogP contribution in [-0.2, 0) is 19.1 Å². The first-order valence-corrected chi connectivity index (χ1v) is 5.16. The van der Waals surface area contributed by atoms with Crippen LogP contribution in [0.4, 0.5) is 0 Å². The maximum absolute atomic E-state index is 11.3. The van der Waals surface area contributed by atoms with E-state index in [1.165, 1.54) is 12.2 Å². The van der Waals surface area contributed by atoms with Gasteiger partial charge < -0.3 is 19.7 Å². The van der Waals surface area contributed by atoms with Crippen molar-refractivity contribution in [3.8, 4) is 0 Å². The van der Waals surface area contributed by atoms with E-state index in [0.29, 0.717) is 5.57 Å². The molecule has 92 valence electrons. The molecule has 0 aromatic rings. The van der Waals surface area contributed by atoms with E-state index in [0.717, 1.165) is 6.08 Å². The molecule has 4 atom stereocenters. The molecule has 17 heavy (non-hydrogen) atoms. The van der Waals surface area contributed by atoms with Crippen LogP contribution in [0.15, 0.2) is 23.8 Å². The summed E-state index contributed by atoms with van der Waals surface area (Å²) in [6.07, 6.45) is 0.699. The van der Waals surface area contributed by atoms with E-state index in [2.05, 4.69) is 0 Å². The zero-order valence-electron chi connectivity index (χ0n) is 9.07. The normalized spacial score (nSPS) is 36.6. The number of ether oxygens (including phenoxy) is 2. The Balaban J connectivity index is 2.19. The second kappa shape index (κ2) is 4.31. The molecule has 0 bridgehead atoms. The van der Waals surface area contributed by atoms with Gasteiger partial charge in [0.2, 0.25) is 0 Å². The van der Waals surface area contributed by atoms with Crippen LogP contribution >= 0.6 is 0 Å². The summed E-state index contributed by atoms with van der Waals surface area (Å²) in [5, 5.41) is 18.2. The summed E-state index contributed by atoms with van der Waals surface area (Å²) in [6, 6.07) is 0. The first-order valence-electron chi connectivity index (χ1n) is 5.16. The monoisotopic (exact) mass is 240 g/mol. The van der Waals surface area contributed by atoms with Gasteiger partial charge in [0.25, 0.3) is 0 Å². The third kappa shape index (κ3) is 2.22. The van der Waals surface area contributed by atoms with Crippen molar-refractivity contribution in [2.75, 3.05) is 0 Å². The Morgan fingerprint density at radius 3 is 2.88 bits per heavy atom. The Morgan fingerprint density at radius 1 is 1.53 bits per heavy atom. The van der Waals surface area contributed by atoms with Crippen LogP contribution in [0.1, 0.15) is 6.92 Å². The Hall–Kier alpha value is -1.66. The van der Waals surface area contributed by atoms with E-state index >= 15 is 0 Å². The quantitative estimate of drug-likeness (QED) is 0.505. The Bertz CT molecular complexity index is 410. The highest BCUT2D eigenvalue weighted by atomic mass is 16.6. The van der Waals surface area contributed by atoms with Crippen molar-refractivity contribution < 1.29 is 29.3 Å². The number of carboxylic acid groups (broad SMARTS) is 1. The molecule has 0 spiro atoms. The van der Waals surface area contributed by atoms with Crippen LogP contribution in [0.2, 0.25) is 0 Å². The number of hydrogen-bond acceptors (Lipinski definition) is 5. The highest BCUT2D eigenvalue weighted by Crippen LogP contribution is 2.30. The molecule has 6 nitrogen and oxygen atoms in total. The van der Waals surface area contributed by atoms with E-state index < -0.39 is 36.4 Å². The van der Waals surface area contributed by atoms with E-state index in [9.17, 15) is 14.7 Å². The highest BCUT2D eigenvalue weighted by Gasteiger charge is 2.43. The lowest BCUT2D eigenvalue weighted by atomic mass is 9.99.